The second kappa shape index (κ2) is 14.5. The largest absolute Gasteiger partial charge is 0.497 e. The number of alkyl halides is 3. The Balaban J connectivity index is 1.37. The maximum Gasteiger partial charge on any atom is 0.416 e. The van der Waals surface area contributed by atoms with E-state index in [-0.39, 0.29) is 35.5 Å². The molecule has 0 radical (unpaired) electrons. The molecule has 0 bridgehead atoms. The van der Waals surface area contributed by atoms with Gasteiger partial charge in [0.1, 0.15) is 11.4 Å². The Labute approximate surface area is 251 Å². The number of nitrogens with zero attached hydrogens (tertiary/aromatic N) is 4. The Morgan fingerprint density at radius 2 is 1.79 bits per heavy atom. The van der Waals surface area contributed by atoms with E-state index in [0.717, 1.165) is 37.7 Å². The Bertz CT molecular complexity index is 1190. The summed E-state index contributed by atoms with van der Waals surface area (Å²) in [6.45, 7) is 10.4. The van der Waals surface area contributed by atoms with Crippen molar-refractivity contribution in [2.45, 2.75) is 50.6 Å². The van der Waals surface area contributed by atoms with Crippen LogP contribution < -0.4 is 20.7 Å². The fourth-order valence-electron chi connectivity index (χ4n) is 5.88. The predicted molar refractivity (Wildman–Crippen MR) is 159 cm³/mol. The van der Waals surface area contributed by atoms with E-state index in [1.54, 1.807) is 25.0 Å². The summed E-state index contributed by atoms with van der Waals surface area (Å²) in [5.41, 5.74) is 6.83. The van der Waals surface area contributed by atoms with Crippen molar-refractivity contribution in [2.24, 2.45) is 10.7 Å². The van der Waals surface area contributed by atoms with Gasteiger partial charge in [0.25, 0.3) is 5.91 Å². The summed E-state index contributed by atoms with van der Waals surface area (Å²) in [5.74, 6) is -0.0462. The third-order valence-electron chi connectivity index (χ3n) is 8.51. The van der Waals surface area contributed by atoms with Crippen molar-refractivity contribution in [1.82, 2.24) is 15.1 Å². The Kier molecular flexibility index (Phi) is 11.0. The number of nitrogens with two attached hydrogens (primary N) is 1. The van der Waals surface area contributed by atoms with Crippen LogP contribution in [0.25, 0.3) is 0 Å². The van der Waals surface area contributed by atoms with Crippen molar-refractivity contribution in [3.05, 3.63) is 47.3 Å². The maximum atomic E-state index is 13.6. The van der Waals surface area contributed by atoms with Crippen molar-refractivity contribution >= 4 is 17.9 Å². The standard InChI is InChI=1S/C30H43F3N6O4/c1-20(21(2)37-10-12-38(13-11-37)24-15-22(30(31,32)33)16-25(17-24)41-3)28(35-19-34)29(40)39-8-5-23(6-9-39)36-26-7-14-43-18-27(26)42-4/h15-17,19,23,26-27,36H,2,5-14,18H2,1,3-4H3,(H2,34,35)/b28-20-. The summed E-state index contributed by atoms with van der Waals surface area (Å²) in [6.07, 6.45) is -0.835. The fraction of sp³-hybridized carbons (Fsp3) is 0.600. The lowest BCUT2D eigenvalue weighted by Gasteiger charge is -2.39. The van der Waals surface area contributed by atoms with E-state index in [1.165, 1.54) is 7.11 Å². The van der Waals surface area contributed by atoms with Crippen LogP contribution in [0.2, 0.25) is 0 Å². The molecular weight excluding hydrogens is 565 g/mol. The predicted octanol–water partition coefficient (Wildman–Crippen LogP) is 3.00. The molecule has 3 fully saturated rings. The number of nitrogens with one attached hydrogen (secondary N) is 1. The minimum Gasteiger partial charge on any atom is -0.497 e. The number of halogens is 3. The number of anilines is 1. The molecule has 10 nitrogen and oxygen atoms in total. The average molecular weight is 609 g/mol. The van der Waals surface area contributed by atoms with Crippen molar-refractivity contribution in [2.75, 3.05) is 71.6 Å². The third-order valence-corrected chi connectivity index (χ3v) is 8.51. The van der Waals surface area contributed by atoms with Gasteiger partial charge in [-0.15, -0.1) is 0 Å². The highest BCUT2D eigenvalue weighted by Crippen LogP contribution is 2.36. The number of piperazine rings is 1. The minimum absolute atomic E-state index is 0.0187. The lowest BCUT2D eigenvalue weighted by molar-refractivity contribution is -0.137. The molecule has 2 atom stereocenters. The zero-order valence-electron chi connectivity index (χ0n) is 25.2. The van der Waals surface area contributed by atoms with Crippen LogP contribution in [-0.4, -0.2) is 107 Å². The first-order valence-corrected chi connectivity index (χ1v) is 14.6. The van der Waals surface area contributed by atoms with Crippen LogP contribution in [0, 0.1) is 0 Å². The number of carbonyl (C=O) groups excluding carboxylic acids is 1. The Morgan fingerprint density at radius 3 is 2.40 bits per heavy atom. The van der Waals surface area contributed by atoms with E-state index in [4.69, 9.17) is 19.9 Å². The van der Waals surface area contributed by atoms with Crippen molar-refractivity contribution in [3.63, 3.8) is 0 Å². The topological polar surface area (TPSA) is 105 Å². The number of methoxy groups -OCH3 is 2. The molecular formula is C30H43F3N6O4. The number of amides is 1. The van der Waals surface area contributed by atoms with Crippen LogP contribution in [0.5, 0.6) is 5.75 Å². The lowest BCUT2D eigenvalue weighted by atomic mass is 9.99. The number of benzene rings is 1. The van der Waals surface area contributed by atoms with Gasteiger partial charge >= 0.3 is 6.18 Å². The van der Waals surface area contributed by atoms with Gasteiger partial charge in [0.05, 0.1) is 31.7 Å². The van der Waals surface area contributed by atoms with Crippen LogP contribution in [-0.2, 0) is 20.4 Å². The van der Waals surface area contributed by atoms with Gasteiger partial charge in [-0.1, -0.05) is 6.58 Å². The number of piperidine rings is 1. The molecule has 3 N–H and O–H groups in total. The maximum absolute atomic E-state index is 13.6. The number of rotatable bonds is 9. The summed E-state index contributed by atoms with van der Waals surface area (Å²) >= 11 is 0. The molecule has 3 heterocycles. The Hall–Kier alpha value is -3.29. The van der Waals surface area contributed by atoms with Crippen LogP contribution >= 0.6 is 0 Å². The number of carbonyl (C=O) groups is 1. The fourth-order valence-corrected chi connectivity index (χ4v) is 5.88. The highest BCUT2D eigenvalue weighted by molar-refractivity contribution is 5.95. The van der Waals surface area contributed by atoms with E-state index in [2.05, 4.69) is 16.9 Å². The summed E-state index contributed by atoms with van der Waals surface area (Å²) in [6, 6.07) is 4.25. The normalized spacial score (nSPS) is 23.0. The van der Waals surface area contributed by atoms with Gasteiger partial charge in [0, 0.05) is 88.1 Å². The summed E-state index contributed by atoms with van der Waals surface area (Å²) in [5, 5.41) is 3.70. The molecule has 0 aliphatic carbocycles. The second-order valence-corrected chi connectivity index (χ2v) is 11.1. The average Bonchev–Trinajstić information content (AvgIpc) is 3.02. The summed E-state index contributed by atoms with van der Waals surface area (Å²) in [4.78, 5) is 23.5. The van der Waals surface area contributed by atoms with Gasteiger partial charge in [-0.25, -0.2) is 4.99 Å². The third kappa shape index (κ3) is 8.01. The SMILES string of the molecule is C=C(/C(C)=C(\N=C/N)C(=O)N1CCC(NC2CCOCC2OC)CC1)N1CCN(c2cc(OC)cc(C(F)(F)F)c2)CC1. The zero-order valence-corrected chi connectivity index (χ0v) is 25.2. The molecule has 1 aromatic rings. The van der Waals surface area contributed by atoms with Gasteiger partial charge in [-0.2, -0.15) is 13.2 Å². The first kappa shape index (κ1) is 32.6. The molecule has 0 saturated carbocycles. The molecule has 0 aromatic heterocycles. The van der Waals surface area contributed by atoms with Crippen LogP contribution in [0.4, 0.5) is 18.9 Å². The highest BCUT2D eigenvalue weighted by Gasteiger charge is 2.34. The van der Waals surface area contributed by atoms with Gasteiger partial charge in [0.2, 0.25) is 0 Å². The number of hydrogen-bond donors (Lipinski definition) is 2. The number of hydrogen-bond acceptors (Lipinski definition) is 8. The first-order valence-electron chi connectivity index (χ1n) is 14.6. The van der Waals surface area contributed by atoms with Crippen LogP contribution in [0.1, 0.15) is 31.7 Å². The number of aliphatic imine (C=N–C) groups is 1. The monoisotopic (exact) mass is 608 g/mol. The van der Waals surface area contributed by atoms with Gasteiger partial charge in [0.15, 0.2) is 0 Å². The van der Waals surface area contributed by atoms with E-state index >= 15 is 0 Å². The van der Waals surface area contributed by atoms with E-state index in [9.17, 15) is 18.0 Å². The number of likely N-dealkylation sites (tertiary alicyclic amines) is 1. The molecule has 238 valence electrons. The summed E-state index contributed by atoms with van der Waals surface area (Å²) < 4.78 is 56.5. The van der Waals surface area contributed by atoms with Crippen molar-refractivity contribution in [3.8, 4) is 5.75 Å². The molecule has 43 heavy (non-hydrogen) atoms. The molecule has 3 aliphatic rings. The molecule has 13 heteroatoms. The van der Waals surface area contributed by atoms with Gasteiger partial charge < -0.3 is 40.0 Å². The van der Waals surface area contributed by atoms with Crippen molar-refractivity contribution < 1.29 is 32.2 Å². The zero-order chi connectivity index (χ0) is 31.1. The highest BCUT2D eigenvalue weighted by atomic mass is 19.4. The molecule has 3 saturated heterocycles. The van der Waals surface area contributed by atoms with Crippen LogP contribution in [0.3, 0.4) is 0 Å². The van der Waals surface area contributed by atoms with Crippen LogP contribution in [0.15, 0.2) is 46.7 Å². The minimum atomic E-state index is -4.47. The first-order chi connectivity index (χ1) is 20.5. The summed E-state index contributed by atoms with van der Waals surface area (Å²) in [7, 11) is 3.05. The van der Waals surface area contributed by atoms with Gasteiger partial charge in [-0.05, 0) is 38.3 Å². The van der Waals surface area contributed by atoms with Gasteiger partial charge in [-0.3, -0.25) is 4.79 Å². The Morgan fingerprint density at radius 1 is 1.09 bits per heavy atom. The molecule has 3 aliphatic heterocycles. The molecule has 1 amide bonds. The quantitative estimate of drug-likeness (QED) is 0.191. The van der Waals surface area contributed by atoms with E-state index in [1.807, 2.05) is 9.80 Å². The van der Waals surface area contributed by atoms with E-state index < -0.39 is 11.7 Å². The lowest BCUT2D eigenvalue weighted by Crippen LogP contribution is -2.54. The molecule has 2 unspecified atom stereocenters. The smallest absolute Gasteiger partial charge is 0.416 e. The molecule has 4 rings (SSSR count). The van der Waals surface area contributed by atoms with E-state index in [0.29, 0.717) is 69.4 Å². The molecule has 1 aromatic carbocycles. The molecule has 0 spiro atoms. The number of ether oxygens (including phenoxy) is 3. The second-order valence-electron chi connectivity index (χ2n) is 11.1. The number of allylic oxidation sites excluding steroid dienone is 1. The van der Waals surface area contributed by atoms with Crippen molar-refractivity contribution in [1.29, 1.82) is 0 Å².